The maximum Gasteiger partial charge on any atom is 0.243 e. The van der Waals surface area contributed by atoms with Gasteiger partial charge in [-0.1, -0.05) is 6.07 Å². The molecule has 0 aromatic carbocycles. The number of hydrogen-bond acceptors (Lipinski definition) is 4. The highest BCUT2D eigenvalue weighted by atomic mass is 32.1. The summed E-state index contributed by atoms with van der Waals surface area (Å²) in [7, 11) is 0. The minimum atomic E-state index is -0.381. The fraction of sp³-hybridized carbons (Fsp3) is 0.353. The second kappa shape index (κ2) is 6.91. The molecule has 1 saturated heterocycles. The summed E-state index contributed by atoms with van der Waals surface area (Å²) in [6, 6.07) is 7.23. The van der Waals surface area contributed by atoms with Gasteiger partial charge in [-0.3, -0.25) is 14.6 Å². The van der Waals surface area contributed by atoms with E-state index in [0.29, 0.717) is 19.4 Å². The summed E-state index contributed by atoms with van der Waals surface area (Å²) in [6.45, 7) is 2.45. The molecule has 1 aliphatic heterocycles. The van der Waals surface area contributed by atoms with Crippen molar-refractivity contribution in [3.8, 4) is 0 Å². The van der Waals surface area contributed by atoms with Gasteiger partial charge in [0, 0.05) is 23.7 Å². The number of amides is 2. The molecule has 0 unspecified atom stereocenters. The molecule has 3 heterocycles. The lowest BCUT2D eigenvalue weighted by molar-refractivity contribution is -0.136. The Morgan fingerprint density at radius 1 is 1.43 bits per heavy atom. The van der Waals surface area contributed by atoms with Crippen molar-refractivity contribution in [3.05, 3.63) is 52.5 Å². The standard InChI is InChI=1S/C17H19N3O2S/c1-12(13-6-8-18-9-7-13)19-17(22)15-4-5-16(21)20(15)11-14-3-2-10-23-14/h2-3,6-10,12,15H,4-5,11H2,1H3,(H,19,22)/t12-,15-/m0/s1. The molecule has 5 nitrogen and oxygen atoms in total. The molecule has 23 heavy (non-hydrogen) atoms. The summed E-state index contributed by atoms with van der Waals surface area (Å²) in [4.78, 5) is 31.5. The molecule has 0 bridgehead atoms. The lowest BCUT2D eigenvalue weighted by Gasteiger charge is -2.25. The normalized spacial score (nSPS) is 18.9. The largest absolute Gasteiger partial charge is 0.348 e. The summed E-state index contributed by atoms with van der Waals surface area (Å²) >= 11 is 1.60. The van der Waals surface area contributed by atoms with E-state index in [1.54, 1.807) is 28.6 Å². The van der Waals surface area contributed by atoms with Gasteiger partial charge in [0.2, 0.25) is 11.8 Å². The van der Waals surface area contributed by atoms with E-state index in [2.05, 4.69) is 10.3 Å². The molecule has 0 spiro atoms. The van der Waals surface area contributed by atoms with Crippen molar-refractivity contribution < 1.29 is 9.59 Å². The zero-order valence-corrected chi connectivity index (χ0v) is 13.8. The van der Waals surface area contributed by atoms with Crippen LogP contribution in [0.1, 0.15) is 36.2 Å². The van der Waals surface area contributed by atoms with Crippen molar-refractivity contribution >= 4 is 23.2 Å². The van der Waals surface area contributed by atoms with Crippen LogP contribution < -0.4 is 5.32 Å². The van der Waals surface area contributed by atoms with Gasteiger partial charge in [-0.15, -0.1) is 11.3 Å². The average Bonchev–Trinajstić information content (AvgIpc) is 3.19. The van der Waals surface area contributed by atoms with Gasteiger partial charge in [0.25, 0.3) is 0 Å². The van der Waals surface area contributed by atoms with Crippen molar-refractivity contribution in [1.82, 2.24) is 15.2 Å². The lowest BCUT2D eigenvalue weighted by Crippen LogP contribution is -2.44. The van der Waals surface area contributed by atoms with Crippen LogP contribution in [-0.4, -0.2) is 27.7 Å². The molecule has 120 valence electrons. The molecule has 0 aliphatic carbocycles. The Morgan fingerprint density at radius 2 is 2.22 bits per heavy atom. The Bertz CT molecular complexity index is 672. The maximum absolute atomic E-state index is 12.6. The van der Waals surface area contributed by atoms with Crippen LogP contribution in [0.15, 0.2) is 42.0 Å². The number of carbonyl (C=O) groups excluding carboxylic acids is 2. The molecule has 1 N–H and O–H groups in total. The number of nitrogens with zero attached hydrogens (tertiary/aromatic N) is 2. The summed E-state index contributed by atoms with van der Waals surface area (Å²) in [5.74, 6) is -0.0353. The molecular formula is C17H19N3O2S. The van der Waals surface area contributed by atoms with Gasteiger partial charge in [0.15, 0.2) is 0 Å². The number of rotatable bonds is 5. The van der Waals surface area contributed by atoms with E-state index in [4.69, 9.17) is 0 Å². The second-order valence-electron chi connectivity index (χ2n) is 5.67. The second-order valence-corrected chi connectivity index (χ2v) is 6.70. The smallest absolute Gasteiger partial charge is 0.243 e. The van der Waals surface area contributed by atoms with Crippen molar-refractivity contribution in [2.45, 2.75) is 38.4 Å². The Kier molecular flexibility index (Phi) is 4.71. The first kappa shape index (κ1) is 15.7. The molecule has 2 aromatic heterocycles. The van der Waals surface area contributed by atoms with Gasteiger partial charge in [0.1, 0.15) is 6.04 Å². The number of nitrogens with one attached hydrogen (secondary N) is 1. The third kappa shape index (κ3) is 3.59. The highest BCUT2D eigenvalue weighted by Gasteiger charge is 2.36. The number of hydrogen-bond donors (Lipinski definition) is 1. The first-order valence-corrected chi connectivity index (χ1v) is 8.55. The zero-order valence-electron chi connectivity index (χ0n) is 12.9. The van der Waals surface area contributed by atoms with E-state index in [1.165, 1.54) is 0 Å². The van der Waals surface area contributed by atoms with E-state index in [-0.39, 0.29) is 23.9 Å². The van der Waals surface area contributed by atoms with E-state index >= 15 is 0 Å². The van der Waals surface area contributed by atoms with E-state index < -0.39 is 0 Å². The topological polar surface area (TPSA) is 62.3 Å². The first-order chi connectivity index (χ1) is 11.1. The summed E-state index contributed by atoms with van der Waals surface area (Å²) in [5.41, 5.74) is 1.00. The maximum atomic E-state index is 12.6. The van der Waals surface area contributed by atoms with Crippen molar-refractivity contribution in [2.75, 3.05) is 0 Å². The van der Waals surface area contributed by atoms with Gasteiger partial charge in [-0.2, -0.15) is 0 Å². The lowest BCUT2D eigenvalue weighted by atomic mass is 10.1. The molecule has 2 aromatic rings. The fourth-order valence-electron chi connectivity index (χ4n) is 2.82. The van der Waals surface area contributed by atoms with E-state index in [0.717, 1.165) is 10.4 Å². The number of pyridine rings is 1. The van der Waals surface area contributed by atoms with Crippen molar-refractivity contribution in [1.29, 1.82) is 0 Å². The van der Waals surface area contributed by atoms with Crippen molar-refractivity contribution in [2.24, 2.45) is 0 Å². The number of carbonyl (C=O) groups is 2. The van der Waals surface area contributed by atoms with Crippen LogP contribution in [-0.2, 0) is 16.1 Å². The minimum Gasteiger partial charge on any atom is -0.348 e. The number of likely N-dealkylation sites (tertiary alicyclic amines) is 1. The average molecular weight is 329 g/mol. The van der Waals surface area contributed by atoms with Crippen LogP contribution in [0.5, 0.6) is 0 Å². The molecule has 0 radical (unpaired) electrons. The number of thiophene rings is 1. The molecule has 1 fully saturated rings. The highest BCUT2D eigenvalue weighted by molar-refractivity contribution is 7.09. The monoisotopic (exact) mass is 329 g/mol. The number of aromatic nitrogens is 1. The van der Waals surface area contributed by atoms with Gasteiger partial charge < -0.3 is 10.2 Å². The van der Waals surface area contributed by atoms with Gasteiger partial charge in [-0.25, -0.2) is 0 Å². The van der Waals surface area contributed by atoms with E-state index in [1.807, 2.05) is 36.6 Å². The van der Waals surface area contributed by atoms with Gasteiger partial charge in [-0.05, 0) is 42.5 Å². The van der Waals surface area contributed by atoms with Crippen molar-refractivity contribution in [3.63, 3.8) is 0 Å². The molecule has 1 aliphatic rings. The quantitative estimate of drug-likeness (QED) is 0.917. The highest BCUT2D eigenvalue weighted by Crippen LogP contribution is 2.24. The minimum absolute atomic E-state index is 0.0510. The third-order valence-electron chi connectivity index (χ3n) is 4.10. The van der Waals surface area contributed by atoms with Crippen LogP contribution in [0.3, 0.4) is 0 Å². The van der Waals surface area contributed by atoms with Crippen LogP contribution >= 0.6 is 11.3 Å². The molecule has 2 atom stereocenters. The fourth-order valence-corrected chi connectivity index (χ4v) is 3.52. The molecule has 6 heteroatoms. The Hall–Kier alpha value is -2.21. The summed E-state index contributed by atoms with van der Waals surface area (Å²) in [5, 5.41) is 4.99. The Balaban J connectivity index is 1.67. The zero-order chi connectivity index (χ0) is 16.2. The first-order valence-electron chi connectivity index (χ1n) is 7.67. The molecular weight excluding hydrogens is 310 g/mol. The molecule has 0 saturated carbocycles. The van der Waals surface area contributed by atoms with Crippen LogP contribution in [0.4, 0.5) is 0 Å². The molecule has 3 rings (SSSR count). The Morgan fingerprint density at radius 3 is 2.91 bits per heavy atom. The van der Waals surface area contributed by atoms with Crippen LogP contribution in [0, 0.1) is 0 Å². The SMILES string of the molecule is C[C@H](NC(=O)[C@@H]1CCC(=O)N1Cc1cccs1)c1ccncc1. The predicted molar refractivity (Wildman–Crippen MR) is 88.7 cm³/mol. The van der Waals surface area contributed by atoms with Gasteiger partial charge >= 0.3 is 0 Å². The summed E-state index contributed by atoms with van der Waals surface area (Å²) in [6.07, 6.45) is 4.44. The predicted octanol–water partition coefficient (Wildman–Crippen LogP) is 2.51. The van der Waals surface area contributed by atoms with Gasteiger partial charge in [0.05, 0.1) is 12.6 Å². The Labute approximate surface area is 139 Å². The van der Waals surface area contributed by atoms with E-state index in [9.17, 15) is 9.59 Å². The third-order valence-corrected chi connectivity index (χ3v) is 4.96. The molecule has 2 amide bonds. The van der Waals surface area contributed by atoms with Crippen LogP contribution in [0.2, 0.25) is 0 Å². The summed E-state index contributed by atoms with van der Waals surface area (Å²) < 4.78 is 0. The van der Waals surface area contributed by atoms with Crippen LogP contribution in [0.25, 0.3) is 0 Å².